The Morgan fingerprint density at radius 1 is 1.00 bits per heavy atom. The summed E-state index contributed by atoms with van der Waals surface area (Å²) in [6.07, 6.45) is 0. The van der Waals surface area contributed by atoms with Gasteiger partial charge in [0.05, 0.1) is 11.3 Å². The van der Waals surface area contributed by atoms with E-state index in [-0.39, 0.29) is 5.56 Å². The average molecular weight is 325 g/mol. The number of carboxylic acid groups (broad SMARTS) is 1. The van der Waals surface area contributed by atoms with Gasteiger partial charge < -0.3 is 15.2 Å². The first-order valence-corrected chi connectivity index (χ1v) is 7.01. The fourth-order valence-electron chi connectivity index (χ4n) is 2.41. The summed E-state index contributed by atoms with van der Waals surface area (Å²) < 4.78 is 13.1. The topological polar surface area (TPSA) is 90.4 Å². The maximum Gasteiger partial charge on any atom is 0.335 e. The Morgan fingerprint density at radius 2 is 1.71 bits per heavy atom. The van der Waals surface area contributed by atoms with E-state index in [4.69, 9.17) is 5.11 Å². The van der Waals surface area contributed by atoms with E-state index in [9.17, 15) is 19.1 Å². The number of nitrogens with one attached hydrogen (secondary N) is 1. The minimum absolute atomic E-state index is 0.0724. The first-order chi connectivity index (χ1) is 11.5. The predicted octanol–water partition coefficient (Wildman–Crippen LogP) is 3.25. The summed E-state index contributed by atoms with van der Waals surface area (Å²) in [6, 6.07) is 12.8. The van der Waals surface area contributed by atoms with E-state index >= 15 is 0 Å². The molecule has 0 aliphatic rings. The molecule has 3 rings (SSSR count). The third kappa shape index (κ3) is 2.89. The molecule has 5 nitrogen and oxygen atoms in total. The molecule has 1 aromatic heterocycles. The summed E-state index contributed by atoms with van der Waals surface area (Å²) in [5.41, 5.74) is 1.21. The van der Waals surface area contributed by atoms with Crippen molar-refractivity contribution in [2.24, 2.45) is 0 Å². The standard InChI is InChI=1S/C18H12FNO4/c19-13-6-4-10(5-7-13)16-14(9-15(21)17(22)20-16)11-2-1-3-12(8-11)18(23)24/h1-9,21H,(H,20,22)(H,23,24). The number of halogens is 1. The highest BCUT2D eigenvalue weighted by atomic mass is 19.1. The van der Waals surface area contributed by atoms with Crippen LogP contribution >= 0.6 is 0 Å². The molecule has 6 heteroatoms. The van der Waals surface area contributed by atoms with Crippen LogP contribution in [0.15, 0.2) is 59.4 Å². The predicted molar refractivity (Wildman–Crippen MR) is 86.5 cm³/mol. The Kier molecular flexibility index (Phi) is 3.87. The van der Waals surface area contributed by atoms with Crippen LogP contribution in [0.3, 0.4) is 0 Å². The van der Waals surface area contributed by atoms with Crippen molar-refractivity contribution < 1.29 is 19.4 Å². The molecule has 0 amide bonds. The second kappa shape index (κ2) is 6.00. The van der Waals surface area contributed by atoms with Crippen molar-refractivity contribution in [2.45, 2.75) is 0 Å². The Hall–Kier alpha value is -3.41. The molecule has 0 fully saturated rings. The van der Waals surface area contributed by atoms with Gasteiger partial charge in [-0.2, -0.15) is 0 Å². The van der Waals surface area contributed by atoms with Crippen molar-refractivity contribution in [3.8, 4) is 28.1 Å². The molecule has 0 bridgehead atoms. The number of hydrogen-bond donors (Lipinski definition) is 3. The zero-order chi connectivity index (χ0) is 17.3. The molecule has 1 heterocycles. The maximum atomic E-state index is 13.1. The molecule has 0 spiro atoms. The Labute approximate surface area is 135 Å². The van der Waals surface area contributed by atoms with E-state index in [1.165, 1.54) is 42.5 Å². The molecular formula is C18H12FNO4. The molecular weight excluding hydrogens is 313 g/mol. The van der Waals surface area contributed by atoms with E-state index in [0.29, 0.717) is 22.4 Å². The van der Waals surface area contributed by atoms with Crippen LogP contribution < -0.4 is 5.56 Å². The molecule has 2 aromatic carbocycles. The third-order valence-corrected chi connectivity index (χ3v) is 3.57. The zero-order valence-electron chi connectivity index (χ0n) is 12.3. The van der Waals surface area contributed by atoms with Gasteiger partial charge in [0, 0.05) is 5.56 Å². The van der Waals surface area contributed by atoms with Gasteiger partial charge in [0.25, 0.3) is 5.56 Å². The average Bonchev–Trinajstić information content (AvgIpc) is 2.58. The first-order valence-electron chi connectivity index (χ1n) is 7.01. The molecule has 24 heavy (non-hydrogen) atoms. The van der Waals surface area contributed by atoms with Gasteiger partial charge >= 0.3 is 5.97 Å². The van der Waals surface area contributed by atoms with Crippen LogP contribution in [0.2, 0.25) is 0 Å². The highest BCUT2D eigenvalue weighted by molar-refractivity contribution is 5.91. The van der Waals surface area contributed by atoms with E-state index in [2.05, 4.69) is 4.98 Å². The number of aromatic hydroxyl groups is 1. The molecule has 0 aliphatic heterocycles. The summed E-state index contributed by atoms with van der Waals surface area (Å²) >= 11 is 0. The lowest BCUT2D eigenvalue weighted by molar-refractivity contribution is 0.0697. The smallest absolute Gasteiger partial charge is 0.335 e. The van der Waals surface area contributed by atoms with E-state index in [1.54, 1.807) is 12.1 Å². The summed E-state index contributed by atoms with van der Waals surface area (Å²) in [6.45, 7) is 0. The lowest BCUT2D eigenvalue weighted by atomic mass is 9.97. The van der Waals surface area contributed by atoms with Gasteiger partial charge in [0.2, 0.25) is 0 Å². The number of aromatic carboxylic acids is 1. The number of aromatic nitrogens is 1. The lowest BCUT2D eigenvalue weighted by Crippen LogP contribution is -2.07. The van der Waals surface area contributed by atoms with E-state index < -0.39 is 23.1 Å². The van der Waals surface area contributed by atoms with Gasteiger partial charge in [-0.3, -0.25) is 4.79 Å². The van der Waals surface area contributed by atoms with Crippen molar-refractivity contribution in [2.75, 3.05) is 0 Å². The normalized spacial score (nSPS) is 10.5. The molecule has 0 unspecified atom stereocenters. The van der Waals surface area contributed by atoms with Crippen LogP contribution in [0.4, 0.5) is 4.39 Å². The van der Waals surface area contributed by atoms with Crippen molar-refractivity contribution in [3.05, 3.63) is 76.3 Å². The van der Waals surface area contributed by atoms with Crippen LogP contribution in [0, 0.1) is 5.82 Å². The van der Waals surface area contributed by atoms with E-state index in [1.807, 2.05) is 0 Å². The fraction of sp³-hybridized carbons (Fsp3) is 0. The monoisotopic (exact) mass is 325 g/mol. The number of hydrogen-bond acceptors (Lipinski definition) is 3. The largest absolute Gasteiger partial charge is 0.503 e. The van der Waals surface area contributed by atoms with Gasteiger partial charge in [-0.1, -0.05) is 12.1 Å². The number of carbonyl (C=O) groups is 1. The minimum Gasteiger partial charge on any atom is -0.503 e. The van der Waals surface area contributed by atoms with Crippen LogP contribution in [0.5, 0.6) is 5.75 Å². The summed E-state index contributed by atoms with van der Waals surface area (Å²) in [5.74, 6) is -2.00. The van der Waals surface area contributed by atoms with Crippen molar-refractivity contribution in [1.29, 1.82) is 0 Å². The molecule has 0 saturated carbocycles. The number of H-pyrrole nitrogens is 1. The van der Waals surface area contributed by atoms with Gasteiger partial charge in [0.15, 0.2) is 5.75 Å². The van der Waals surface area contributed by atoms with Crippen LogP contribution in [-0.4, -0.2) is 21.2 Å². The van der Waals surface area contributed by atoms with E-state index in [0.717, 1.165) is 0 Å². The number of rotatable bonds is 3. The summed E-state index contributed by atoms with van der Waals surface area (Å²) in [7, 11) is 0. The minimum atomic E-state index is -1.09. The number of carboxylic acids is 1. The molecule has 0 saturated heterocycles. The lowest BCUT2D eigenvalue weighted by Gasteiger charge is -2.11. The van der Waals surface area contributed by atoms with Crippen LogP contribution in [0.25, 0.3) is 22.4 Å². The Morgan fingerprint density at radius 3 is 2.38 bits per heavy atom. The highest BCUT2D eigenvalue weighted by Gasteiger charge is 2.13. The molecule has 3 aromatic rings. The zero-order valence-corrected chi connectivity index (χ0v) is 12.3. The van der Waals surface area contributed by atoms with Gasteiger partial charge in [0.1, 0.15) is 5.82 Å². The second-order valence-electron chi connectivity index (χ2n) is 5.17. The van der Waals surface area contributed by atoms with Crippen molar-refractivity contribution >= 4 is 5.97 Å². The summed E-state index contributed by atoms with van der Waals surface area (Å²) in [5, 5.41) is 18.9. The number of benzene rings is 2. The summed E-state index contributed by atoms with van der Waals surface area (Å²) in [4.78, 5) is 25.5. The molecule has 120 valence electrons. The molecule has 0 aliphatic carbocycles. The molecule has 3 N–H and O–H groups in total. The molecule has 0 atom stereocenters. The van der Waals surface area contributed by atoms with Crippen LogP contribution in [-0.2, 0) is 0 Å². The number of aromatic amines is 1. The second-order valence-corrected chi connectivity index (χ2v) is 5.17. The highest BCUT2D eigenvalue weighted by Crippen LogP contribution is 2.32. The van der Waals surface area contributed by atoms with Gasteiger partial charge in [-0.15, -0.1) is 0 Å². The third-order valence-electron chi connectivity index (χ3n) is 3.57. The van der Waals surface area contributed by atoms with Gasteiger partial charge in [-0.25, -0.2) is 9.18 Å². The molecule has 0 radical (unpaired) electrons. The van der Waals surface area contributed by atoms with Gasteiger partial charge in [-0.05, 0) is 53.6 Å². The quantitative estimate of drug-likeness (QED) is 0.689. The van der Waals surface area contributed by atoms with Crippen LogP contribution in [0.1, 0.15) is 10.4 Å². The van der Waals surface area contributed by atoms with Crippen molar-refractivity contribution in [3.63, 3.8) is 0 Å². The Bertz CT molecular complexity index is 977. The number of pyridine rings is 1. The SMILES string of the molecule is O=C(O)c1cccc(-c2cc(O)c(=O)[nH]c2-c2ccc(F)cc2)c1. The first kappa shape index (κ1) is 15.5. The fourth-order valence-corrected chi connectivity index (χ4v) is 2.41. The van der Waals surface area contributed by atoms with Crippen molar-refractivity contribution in [1.82, 2.24) is 4.98 Å². The Balaban J connectivity index is 2.25. The maximum absolute atomic E-state index is 13.1.